The van der Waals surface area contributed by atoms with E-state index in [4.69, 9.17) is 38.3 Å². The highest BCUT2D eigenvalue weighted by atomic mass is 19.1. The average molecular weight is 764 g/mol. The lowest BCUT2D eigenvalue weighted by atomic mass is 9.78. The molecule has 0 unspecified atom stereocenters. The second kappa shape index (κ2) is 14.6. The second-order valence-electron chi connectivity index (χ2n) is 13.9. The lowest BCUT2D eigenvalue weighted by molar-refractivity contribution is -0.160. The van der Waals surface area contributed by atoms with Crippen LogP contribution in [0, 0.1) is 46.1 Å². The van der Waals surface area contributed by atoms with Gasteiger partial charge in [-0.3, -0.25) is 23.7 Å². The first-order chi connectivity index (χ1) is 25.9. The topological polar surface area (TPSA) is 217 Å². The number of ether oxygens (including phenoxy) is 3. The summed E-state index contributed by atoms with van der Waals surface area (Å²) in [6, 6.07) is 3.64. The van der Waals surface area contributed by atoms with Crippen molar-refractivity contribution in [3.05, 3.63) is 91.0 Å². The highest BCUT2D eigenvalue weighted by molar-refractivity contribution is 5.74. The predicted octanol–water partition coefficient (Wildman–Crippen LogP) is 3.34. The fraction of sp³-hybridized carbons (Fsp3) is 0.432. The Kier molecular flexibility index (Phi) is 10.3. The Hall–Kier alpha value is -6.06. The summed E-state index contributed by atoms with van der Waals surface area (Å²) in [5.74, 6) is -0.0526. The van der Waals surface area contributed by atoms with E-state index in [2.05, 4.69) is 20.9 Å². The smallest absolute Gasteiger partial charge is 0.458 e. The number of benzene rings is 1. The molecule has 1 saturated heterocycles. The molecule has 0 aliphatic carbocycles. The van der Waals surface area contributed by atoms with E-state index in [9.17, 15) is 24.3 Å². The van der Waals surface area contributed by atoms with Crippen LogP contribution in [0.3, 0.4) is 0 Å². The van der Waals surface area contributed by atoms with Crippen molar-refractivity contribution in [2.24, 2.45) is 4.99 Å². The van der Waals surface area contributed by atoms with Crippen molar-refractivity contribution >= 4 is 23.1 Å². The minimum Gasteiger partial charge on any atom is -0.458 e. The number of halogens is 1. The fourth-order valence-electron chi connectivity index (χ4n) is 6.87. The molecule has 17 nitrogen and oxygen atoms in total. The van der Waals surface area contributed by atoms with Crippen molar-refractivity contribution in [1.29, 1.82) is 0 Å². The zero-order chi connectivity index (χ0) is 40.0. The van der Waals surface area contributed by atoms with Gasteiger partial charge in [0.25, 0.3) is 6.08 Å². The molecular formula is C37H38FN5O12. The maximum atomic E-state index is 16.0. The van der Waals surface area contributed by atoms with Crippen LogP contribution in [0.15, 0.2) is 50.7 Å². The molecule has 1 aromatic carbocycles. The molecule has 18 heteroatoms. The molecule has 55 heavy (non-hydrogen) atoms. The van der Waals surface area contributed by atoms with E-state index in [0.29, 0.717) is 11.3 Å². The van der Waals surface area contributed by atoms with E-state index in [-0.39, 0.29) is 65.6 Å². The summed E-state index contributed by atoms with van der Waals surface area (Å²) >= 11 is 0. The second-order valence-corrected chi connectivity index (χ2v) is 13.9. The lowest BCUT2D eigenvalue weighted by Gasteiger charge is -2.31. The Labute approximate surface area is 311 Å². The van der Waals surface area contributed by atoms with E-state index in [1.165, 1.54) is 31.7 Å². The minimum atomic E-state index is -1.81. The summed E-state index contributed by atoms with van der Waals surface area (Å²) in [5, 5.41) is 10.5. The Morgan fingerprint density at radius 1 is 1.11 bits per heavy atom. The number of terminal acetylenes is 1. The summed E-state index contributed by atoms with van der Waals surface area (Å²) in [4.78, 5) is 62.0. The number of fused-ring (bicyclic) bond motifs is 1. The molecule has 1 aliphatic heterocycles. The number of nitrogens with zero attached hydrogens (tertiary/aromatic N) is 5. The van der Waals surface area contributed by atoms with Crippen LogP contribution in [-0.4, -0.2) is 54.5 Å². The molecule has 290 valence electrons. The fourth-order valence-corrected chi connectivity index (χ4v) is 6.87. The van der Waals surface area contributed by atoms with Gasteiger partial charge in [0.2, 0.25) is 0 Å². The van der Waals surface area contributed by atoms with E-state index in [1.807, 2.05) is 33.8 Å². The van der Waals surface area contributed by atoms with Crippen molar-refractivity contribution < 1.29 is 51.0 Å². The third kappa shape index (κ3) is 7.53. The van der Waals surface area contributed by atoms with Crippen molar-refractivity contribution in [3.8, 4) is 18.1 Å². The normalized spacial score (nSPS) is 18.9. The number of hydrogen-bond acceptors (Lipinski definition) is 15. The van der Waals surface area contributed by atoms with Crippen LogP contribution in [0.25, 0.3) is 11.2 Å². The predicted molar refractivity (Wildman–Crippen MR) is 186 cm³/mol. The van der Waals surface area contributed by atoms with Gasteiger partial charge in [0.15, 0.2) is 33.8 Å². The highest BCUT2D eigenvalue weighted by Crippen LogP contribution is 2.42. The summed E-state index contributed by atoms with van der Waals surface area (Å²) in [6.07, 6.45) is 3.56. The number of aryl methyl sites for hydroxylation is 4. The van der Waals surface area contributed by atoms with Crippen LogP contribution in [-0.2, 0) is 37.6 Å². The van der Waals surface area contributed by atoms with E-state index >= 15 is 4.39 Å². The molecule has 0 radical (unpaired) electrons. The first-order valence-electron chi connectivity index (χ1n) is 17.0. The number of carbonyl (C=O) groups is 2. The van der Waals surface area contributed by atoms with E-state index in [1.54, 1.807) is 6.07 Å². The van der Waals surface area contributed by atoms with Gasteiger partial charge in [-0.15, -0.1) is 6.42 Å². The van der Waals surface area contributed by atoms with Gasteiger partial charge < -0.3 is 37.0 Å². The van der Waals surface area contributed by atoms with Crippen LogP contribution in [0.5, 0.6) is 5.75 Å². The largest absolute Gasteiger partial charge is 0.519 e. The molecule has 0 spiro atoms. The van der Waals surface area contributed by atoms with Crippen molar-refractivity contribution in [2.75, 3.05) is 6.61 Å². The number of aliphatic hydroxyl groups is 1. The summed E-state index contributed by atoms with van der Waals surface area (Å²) in [7, 11) is 0. The number of hydrogen-bond donors (Lipinski definition) is 1. The molecule has 4 aromatic heterocycles. The zero-order valence-corrected chi connectivity index (χ0v) is 31.1. The lowest BCUT2D eigenvalue weighted by Crippen LogP contribution is -2.44. The van der Waals surface area contributed by atoms with Gasteiger partial charge >= 0.3 is 23.6 Å². The molecule has 0 bridgehead atoms. The number of rotatable bonds is 11. The number of aromatic nitrogens is 4. The third-order valence-corrected chi connectivity index (χ3v) is 9.31. The molecule has 5 aromatic rings. The van der Waals surface area contributed by atoms with E-state index < -0.39 is 59.6 Å². The zero-order valence-electron chi connectivity index (χ0n) is 31.1. The maximum Gasteiger partial charge on any atom is 0.519 e. The molecule has 3 atom stereocenters. The van der Waals surface area contributed by atoms with Crippen LogP contribution >= 0.6 is 0 Å². The monoisotopic (exact) mass is 763 g/mol. The Bertz CT molecular complexity index is 2540. The van der Waals surface area contributed by atoms with Crippen molar-refractivity contribution in [3.63, 3.8) is 0 Å². The average Bonchev–Trinajstić information content (AvgIpc) is 3.83. The number of esters is 2. The molecule has 0 saturated carbocycles. The first kappa shape index (κ1) is 38.7. The van der Waals surface area contributed by atoms with Crippen LogP contribution < -0.4 is 21.9 Å². The van der Waals surface area contributed by atoms with E-state index in [0.717, 1.165) is 15.7 Å². The van der Waals surface area contributed by atoms with Gasteiger partial charge in [0.1, 0.15) is 36.1 Å². The van der Waals surface area contributed by atoms with Crippen molar-refractivity contribution in [2.45, 2.75) is 97.7 Å². The number of aliphatic hydroxyl groups excluding tert-OH is 1. The molecule has 6 rings (SSSR count). The highest BCUT2D eigenvalue weighted by Gasteiger charge is 2.51. The van der Waals surface area contributed by atoms with Gasteiger partial charge in [-0.25, -0.2) is 14.6 Å². The van der Waals surface area contributed by atoms with Gasteiger partial charge in [-0.2, -0.15) is 9.37 Å². The molecule has 5 heterocycles. The molecular weight excluding hydrogens is 725 g/mol. The Morgan fingerprint density at radius 2 is 1.78 bits per heavy atom. The minimum absolute atomic E-state index is 0.00851. The SMILES string of the molecule is C#C[C@]1(CO)O[C@@H](n2cnc3/c(=N/Cc4oc(=O)oc4C)n(Cc4oc(=O)oc4C)c(F)nc32)C[C@@H]1OC(=O)CC(C)(C)c1c(C)cc(C)cc1OC(C)=O. The number of carbonyl (C=O) groups excluding carboxylic acids is 2. The molecule has 1 aliphatic rings. The Balaban J connectivity index is 1.34. The summed E-state index contributed by atoms with van der Waals surface area (Å²) in [5.41, 5.74) is -0.501. The standard InChI is InChI=1S/C37H38FN5O12/c1-9-37(16-44)26(54-28(46)13-36(7,8)29-19(3)10-18(2)11-23(29)51-22(6)45)12-27(55-37)43-17-40-30-31(39-14-24-20(4)49-34(47)52-24)42(33(38)41-32(30)43)15-25-21(5)50-35(48)53-25/h1,10-11,17,26-27,44H,12-16H2,2-8H3/b39-31-/t26-,27+,37+/m0/s1. The van der Waals surface area contributed by atoms with Gasteiger partial charge in [0, 0.05) is 24.3 Å². The van der Waals surface area contributed by atoms with Crippen LogP contribution in [0.2, 0.25) is 0 Å². The third-order valence-electron chi connectivity index (χ3n) is 9.31. The van der Waals surface area contributed by atoms with Crippen LogP contribution in [0.1, 0.15) is 79.6 Å². The van der Waals surface area contributed by atoms with Crippen LogP contribution in [0.4, 0.5) is 4.39 Å². The van der Waals surface area contributed by atoms with Gasteiger partial charge in [-0.1, -0.05) is 25.8 Å². The Morgan fingerprint density at radius 3 is 2.38 bits per heavy atom. The molecule has 1 N–H and O–H groups in total. The maximum absolute atomic E-state index is 16.0. The first-order valence-corrected chi connectivity index (χ1v) is 17.0. The summed E-state index contributed by atoms with van der Waals surface area (Å²) < 4.78 is 56.0. The van der Waals surface area contributed by atoms with Gasteiger partial charge in [0.05, 0.1) is 25.9 Å². The molecule has 1 fully saturated rings. The quantitative estimate of drug-likeness (QED) is 0.0884. The summed E-state index contributed by atoms with van der Waals surface area (Å²) in [6.45, 7) is 10.2. The molecule has 0 amide bonds. The number of imidazole rings is 1. The van der Waals surface area contributed by atoms with Gasteiger partial charge in [-0.05, 0) is 44.9 Å². The van der Waals surface area contributed by atoms with Crippen molar-refractivity contribution in [1.82, 2.24) is 19.1 Å².